The molecule has 21 heavy (non-hydrogen) atoms. The minimum atomic E-state index is -0.0400. The number of thiophene rings is 1. The molecule has 4 nitrogen and oxygen atoms in total. The summed E-state index contributed by atoms with van der Waals surface area (Å²) < 4.78 is 15.8. The predicted octanol–water partition coefficient (Wildman–Crippen LogP) is 3.67. The van der Waals surface area contributed by atoms with E-state index in [1.54, 1.807) is 45.6 Å². The van der Waals surface area contributed by atoms with Gasteiger partial charge >= 0.3 is 0 Å². The molecule has 0 aliphatic rings. The molecule has 0 spiro atoms. The number of rotatable bonds is 6. The van der Waals surface area contributed by atoms with Gasteiger partial charge in [-0.15, -0.1) is 11.3 Å². The minimum Gasteiger partial charge on any atom is -0.496 e. The molecule has 0 aliphatic carbocycles. The van der Waals surface area contributed by atoms with Gasteiger partial charge in [0.15, 0.2) is 17.3 Å². The van der Waals surface area contributed by atoms with Gasteiger partial charge in [0.2, 0.25) is 0 Å². The van der Waals surface area contributed by atoms with E-state index in [0.717, 1.165) is 5.56 Å². The lowest BCUT2D eigenvalue weighted by molar-refractivity contribution is 0.105. The summed E-state index contributed by atoms with van der Waals surface area (Å²) in [5.74, 6) is 1.74. The normalized spacial score (nSPS) is 10.6. The molecule has 2 rings (SSSR count). The highest BCUT2D eigenvalue weighted by atomic mass is 32.1. The van der Waals surface area contributed by atoms with E-state index in [2.05, 4.69) is 0 Å². The average Bonchev–Trinajstić information content (AvgIpc) is 3.06. The van der Waals surface area contributed by atoms with Crippen molar-refractivity contribution in [2.45, 2.75) is 0 Å². The van der Waals surface area contributed by atoms with Gasteiger partial charge in [0.25, 0.3) is 0 Å². The monoisotopic (exact) mass is 304 g/mol. The van der Waals surface area contributed by atoms with Crippen LogP contribution in [-0.4, -0.2) is 27.1 Å². The number of ether oxygens (including phenoxy) is 3. The van der Waals surface area contributed by atoms with Crippen LogP contribution in [0.25, 0.3) is 6.08 Å². The van der Waals surface area contributed by atoms with Crippen molar-refractivity contribution in [2.24, 2.45) is 0 Å². The molecule has 0 unspecified atom stereocenters. The van der Waals surface area contributed by atoms with Crippen molar-refractivity contribution < 1.29 is 19.0 Å². The van der Waals surface area contributed by atoms with Crippen LogP contribution >= 0.6 is 11.3 Å². The van der Waals surface area contributed by atoms with Crippen molar-refractivity contribution in [2.75, 3.05) is 21.3 Å². The number of benzene rings is 1. The van der Waals surface area contributed by atoms with Crippen molar-refractivity contribution in [3.05, 3.63) is 46.2 Å². The third-order valence-electron chi connectivity index (χ3n) is 2.91. The molecule has 0 radical (unpaired) electrons. The van der Waals surface area contributed by atoms with Gasteiger partial charge in [-0.25, -0.2) is 0 Å². The number of methoxy groups -OCH3 is 3. The van der Waals surface area contributed by atoms with E-state index in [1.807, 2.05) is 11.4 Å². The van der Waals surface area contributed by atoms with Gasteiger partial charge in [0.1, 0.15) is 5.75 Å². The standard InChI is InChI=1S/C16H16O4S/c1-18-13-10-15(20-3)14(19-2)9-11(13)6-7-12(17)16-5-4-8-21-16/h4-10H,1-3H3/b7-6+. The Morgan fingerprint density at radius 1 is 1.05 bits per heavy atom. The van der Waals surface area contributed by atoms with E-state index in [-0.39, 0.29) is 5.78 Å². The molecule has 0 amide bonds. The molecule has 0 atom stereocenters. The zero-order valence-electron chi connectivity index (χ0n) is 12.1. The van der Waals surface area contributed by atoms with E-state index in [4.69, 9.17) is 14.2 Å². The van der Waals surface area contributed by atoms with Crippen molar-refractivity contribution in [3.8, 4) is 17.2 Å². The SMILES string of the molecule is COc1cc(OC)c(OC)cc1/C=C/C(=O)c1cccs1. The van der Waals surface area contributed by atoms with Crippen LogP contribution in [0.3, 0.4) is 0 Å². The van der Waals surface area contributed by atoms with Crippen LogP contribution < -0.4 is 14.2 Å². The third-order valence-corrected chi connectivity index (χ3v) is 3.80. The molecule has 1 aromatic heterocycles. The Balaban J connectivity index is 2.32. The zero-order valence-corrected chi connectivity index (χ0v) is 12.9. The zero-order chi connectivity index (χ0) is 15.2. The van der Waals surface area contributed by atoms with E-state index in [0.29, 0.717) is 22.1 Å². The third kappa shape index (κ3) is 3.44. The molecule has 5 heteroatoms. The average molecular weight is 304 g/mol. The molecule has 2 aromatic rings. The fraction of sp³-hybridized carbons (Fsp3) is 0.188. The summed E-state index contributed by atoms with van der Waals surface area (Å²) in [6.45, 7) is 0. The van der Waals surface area contributed by atoms with Crippen molar-refractivity contribution in [1.29, 1.82) is 0 Å². The van der Waals surface area contributed by atoms with E-state index in [1.165, 1.54) is 17.4 Å². The second-order valence-corrected chi connectivity index (χ2v) is 5.07. The van der Waals surface area contributed by atoms with Gasteiger partial charge in [-0.2, -0.15) is 0 Å². The highest BCUT2D eigenvalue weighted by Gasteiger charge is 2.10. The fourth-order valence-corrected chi connectivity index (χ4v) is 2.49. The molecule has 0 fully saturated rings. The molecule has 110 valence electrons. The number of carbonyl (C=O) groups excluding carboxylic acids is 1. The number of hydrogen-bond acceptors (Lipinski definition) is 5. The molecule has 1 heterocycles. The van der Waals surface area contributed by atoms with Crippen LogP contribution in [0, 0.1) is 0 Å². The van der Waals surface area contributed by atoms with Gasteiger partial charge in [-0.3, -0.25) is 4.79 Å². The molecule has 1 aromatic carbocycles. The van der Waals surface area contributed by atoms with Gasteiger partial charge < -0.3 is 14.2 Å². The highest BCUT2D eigenvalue weighted by Crippen LogP contribution is 2.35. The number of hydrogen-bond donors (Lipinski definition) is 0. The molecule has 0 saturated heterocycles. The highest BCUT2D eigenvalue weighted by molar-refractivity contribution is 7.12. The Labute approximate surface area is 127 Å². The summed E-state index contributed by atoms with van der Waals surface area (Å²) >= 11 is 1.41. The van der Waals surface area contributed by atoms with Crippen LogP contribution in [0.15, 0.2) is 35.7 Å². The lowest BCUT2D eigenvalue weighted by Gasteiger charge is -2.12. The molecule has 0 N–H and O–H groups in total. The Morgan fingerprint density at radius 3 is 2.29 bits per heavy atom. The first-order valence-electron chi connectivity index (χ1n) is 6.25. The van der Waals surface area contributed by atoms with Gasteiger partial charge in [0.05, 0.1) is 26.2 Å². The summed E-state index contributed by atoms with van der Waals surface area (Å²) in [5, 5.41) is 1.87. The first-order chi connectivity index (χ1) is 10.2. The Kier molecular flexibility index (Phi) is 5.00. The van der Waals surface area contributed by atoms with Crippen LogP contribution in [0.5, 0.6) is 17.2 Å². The number of ketones is 1. The maximum atomic E-state index is 12.0. The fourth-order valence-electron chi connectivity index (χ4n) is 1.85. The largest absolute Gasteiger partial charge is 0.496 e. The molecule has 0 bridgehead atoms. The van der Waals surface area contributed by atoms with Crippen LogP contribution in [0.1, 0.15) is 15.2 Å². The first kappa shape index (κ1) is 15.1. The summed E-state index contributed by atoms with van der Waals surface area (Å²) in [4.78, 5) is 12.7. The van der Waals surface area contributed by atoms with E-state index >= 15 is 0 Å². The second kappa shape index (κ2) is 6.95. The Bertz CT molecular complexity index is 645. The number of carbonyl (C=O) groups is 1. The molecule has 0 aliphatic heterocycles. The lowest BCUT2D eigenvalue weighted by Crippen LogP contribution is -1.95. The summed E-state index contributed by atoms with van der Waals surface area (Å²) in [6, 6.07) is 7.15. The van der Waals surface area contributed by atoms with E-state index < -0.39 is 0 Å². The Hall–Kier alpha value is -2.27. The second-order valence-electron chi connectivity index (χ2n) is 4.12. The number of allylic oxidation sites excluding steroid dienone is 1. The van der Waals surface area contributed by atoms with Crippen molar-refractivity contribution in [3.63, 3.8) is 0 Å². The summed E-state index contributed by atoms with van der Waals surface area (Å²) in [5.41, 5.74) is 0.750. The van der Waals surface area contributed by atoms with Gasteiger partial charge in [-0.1, -0.05) is 6.07 Å². The van der Waals surface area contributed by atoms with Crippen LogP contribution in [-0.2, 0) is 0 Å². The molecular weight excluding hydrogens is 288 g/mol. The summed E-state index contributed by atoms with van der Waals surface area (Å²) in [6.07, 6.45) is 3.23. The smallest absolute Gasteiger partial charge is 0.195 e. The molecular formula is C16H16O4S. The topological polar surface area (TPSA) is 44.8 Å². The maximum absolute atomic E-state index is 12.0. The van der Waals surface area contributed by atoms with Crippen LogP contribution in [0.4, 0.5) is 0 Å². The van der Waals surface area contributed by atoms with Crippen molar-refractivity contribution >= 4 is 23.2 Å². The van der Waals surface area contributed by atoms with Crippen molar-refractivity contribution in [1.82, 2.24) is 0 Å². The Morgan fingerprint density at radius 2 is 1.71 bits per heavy atom. The minimum absolute atomic E-state index is 0.0400. The van der Waals surface area contributed by atoms with E-state index in [9.17, 15) is 4.79 Å². The van der Waals surface area contributed by atoms with Crippen LogP contribution in [0.2, 0.25) is 0 Å². The van der Waals surface area contributed by atoms with Gasteiger partial charge in [-0.05, 0) is 29.7 Å². The summed E-state index contributed by atoms with van der Waals surface area (Å²) in [7, 11) is 4.70. The quantitative estimate of drug-likeness (QED) is 0.603. The lowest BCUT2D eigenvalue weighted by atomic mass is 10.1. The maximum Gasteiger partial charge on any atom is 0.195 e. The predicted molar refractivity (Wildman–Crippen MR) is 83.8 cm³/mol. The first-order valence-corrected chi connectivity index (χ1v) is 7.13. The van der Waals surface area contributed by atoms with Gasteiger partial charge in [0, 0.05) is 11.6 Å². The molecule has 0 saturated carbocycles.